The fourth-order valence-electron chi connectivity index (χ4n) is 1.21. The summed E-state index contributed by atoms with van der Waals surface area (Å²) in [5, 5.41) is 5.58. The molecule has 0 aromatic heterocycles. The number of hydrogen-bond donors (Lipinski definition) is 1. The molecular weight excluding hydrogens is 144 g/mol. The van der Waals surface area contributed by atoms with Gasteiger partial charge in [0, 0.05) is 4.75 Å². The molecule has 0 saturated carbocycles. The normalized spacial score (nSPS) is 26.7. The second-order valence-corrected chi connectivity index (χ2v) is 4.59. The molecule has 1 aliphatic rings. The van der Waals surface area contributed by atoms with Gasteiger partial charge in [-0.3, -0.25) is 5.14 Å². The predicted molar refractivity (Wildman–Crippen MR) is 46.9 cm³/mol. The van der Waals surface area contributed by atoms with E-state index in [4.69, 9.17) is 5.14 Å². The molecule has 0 atom stereocenters. The fourth-order valence-corrected chi connectivity index (χ4v) is 1.63. The Morgan fingerprint density at radius 3 is 2.30 bits per heavy atom. The largest absolute Gasteiger partial charge is 0.306 e. The van der Waals surface area contributed by atoms with Gasteiger partial charge in [-0.25, -0.2) is 0 Å². The zero-order valence-electron chi connectivity index (χ0n) is 6.76. The third kappa shape index (κ3) is 1.87. The Morgan fingerprint density at radius 1 is 1.40 bits per heavy atom. The van der Waals surface area contributed by atoms with Gasteiger partial charge in [-0.2, -0.15) is 0 Å². The summed E-state index contributed by atoms with van der Waals surface area (Å²) in [6, 6.07) is 0. The Balaban J connectivity index is 2.38. The number of nitrogens with zero attached hydrogens (tertiary/aromatic N) is 1. The van der Waals surface area contributed by atoms with Gasteiger partial charge in [-0.1, -0.05) is 11.9 Å². The van der Waals surface area contributed by atoms with Gasteiger partial charge in [-0.15, -0.1) is 0 Å². The molecule has 2 N–H and O–H groups in total. The van der Waals surface area contributed by atoms with Gasteiger partial charge in [0.1, 0.15) is 0 Å². The molecule has 0 aromatic rings. The van der Waals surface area contributed by atoms with Crippen LogP contribution in [0.1, 0.15) is 19.8 Å². The molecule has 1 saturated heterocycles. The van der Waals surface area contributed by atoms with Gasteiger partial charge in [0.15, 0.2) is 0 Å². The first-order valence-electron chi connectivity index (χ1n) is 3.73. The molecular formula is C7H16N2S. The zero-order valence-corrected chi connectivity index (χ0v) is 7.58. The van der Waals surface area contributed by atoms with Crippen molar-refractivity contribution in [3.05, 3.63) is 0 Å². The average molecular weight is 160 g/mol. The number of piperidine rings is 1. The minimum Gasteiger partial charge on any atom is -0.306 e. The van der Waals surface area contributed by atoms with Crippen LogP contribution in [0.25, 0.3) is 0 Å². The SMILES string of the molecule is CN1CCC(C)(SN)CC1. The summed E-state index contributed by atoms with van der Waals surface area (Å²) in [5.41, 5.74) is 0. The first kappa shape index (κ1) is 8.37. The van der Waals surface area contributed by atoms with E-state index in [0.717, 1.165) is 0 Å². The summed E-state index contributed by atoms with van der Waals surface area (Å²) in [4.78, 5) is 2.36. The third-order valence-electron chi connectivity index (χ3n) is 2.33. The van der Waals surface area contributed by atoms with E-state index in [1.165, 1.54) is 37.9 Å². The van der Waals surface area contributed by atoms with Crippen LogP contribution >= 0.6 is 11.9 Å². The first-order valence-corrected chi connectivity index (χ1v) is 4.61. The molecule has 0 amide bonds. The second kappa shape index (κ2) is 3.11. The lowest BCUT2D eigenvalue weighted by Crippen LogP contribution is -2.39. The zero-order chi connectivity index (χ0) is 7.61. The van der Waals surface area contributed by atoms with Crippen LogP contribution in [0.2, 0.25) is 0 Å². The molecule has 0 bridgehead atoms. The highest BCUT2D eigenvalue weighted by molar-refractivity contribution is 7.98. The maximum atomic E-state index is 5.58. The third-order valence-corrected chi connectivity index (χ3v) is 3.31. The van der Waals surface area contributed by atoms with Gasteiger partial charge >= 0.3 is 0 Å². The highest BCUT2D eigenvalue weighted by Gasteiger charge is 2.27. The number of likely N-dealkylation sites (tertiary alicyclic amines) is 1. The van der Waals surface area contributed by atoms with Gasteiger partial charge in [-0.05, 0) is 39.9 Å². The van der Waals surface area contributed by atoms with Crippen molar-refractivity contribution in [3.8, 4) is 0 Å². The number of nitrogens with two attached hydrogens (primary N) is 1. The van der Waals surface area contributed by atoms with Crippen LogP contribution in [0.4, 0.5) is 0 Å². The lowest BCUT2D eigenvalue weighted by molar-refractivity contribution is 0.247. The average Bonchev–Trinajstić information content (AvgIpc) is 1.96. The molecule has 1 aliphatic heterocycles. The number of hydrogen-bond acceptors (Lipinski definition) is 3. The van der Waals surface area contributed by atoms with E-state index in [1.54, 1.807) is 0 Å². The second-order valence-electron chi connectivity index (χ2n) is 3.37. The van der Waals surface area contributed by atoms with Crippen LogP contribution in [0.3, 0.4) is 0 Å². The maximum Gasteiger partial charge on any atom is 0.0298 e. The van der Waals surface area contributed by atoms with Crippen LogP contribution < -0.4 is 5.14 Å². The molecule has 1 fully saturated rings. The topological polar surface area (TPSA) is 29.3 Å². The molecule has 0 unspecified atom stereocenters. The van der Waals surface area contributed by atoms with E-state index in [-0.39, 0.29) is 0 Å². The summed E-state index contributed by atoms with van der Waals surface area (Å²) in [7, 11) is 2.17. The van der Waals surface area contributed by atoms with Crippen LogP contribution in [0.15, 0.2) is 0 Å². The Bertz CT molecular complexity index is 108. The van der Waals surface area contributed by atoms with Crippen LogP contribution in [-0.4, -0.2) is 29.8 Å². The smallest absolute Gasteiger partial charge is 0.0298 e. The van der Waals surface area contributed by atoms with Gasteiger partial charge in [0.2, 0.25) is 0 Å². The van der Waals surface area contributed by atoms with E-state index >= 15 is 0 Å². The standard InChI is InChI=1S/C7H16N2S/c1-7(10-8)3-5-9(2)6-4-7/h3-6,8H2,1-2H3. The quantitative estimate of drug-likeness (QED) is 0.582. The minimum atomic E-state index is 0.354. The van der Waals surface area contributed by atoms with Gasteiger partial charge < -0.3 is 4.90 Å². The summed E-state index contributed by atoms with van der Waals surface area (Å²) in [5.74, 6) is 0. The summed E-state index contributed by atoms with van der Waals surface area (Å²) < 4.78 is 0.354. The molecule has 1 rings (SSSR count). The Kier molecular flexibility index (Phi) is 2.61. The molecule has 60 valence electrons. The van der Waals surface area contributed by atoms with Crippen molar-refractivity contribution in [2.24, 2.45) is 5.14 Å². The van der Waals surface area contributed by atoms with Crippen molar-refractivity contribution in [1.29, 1.82) is 0 Å². The summed E-state index contributed by atoms with van der Waals surface area (Å²) in [6.45, 7) is 4.64. The molecule has 2 nitrogen and oxygen atoms in total. The van der Waals surface area contributed by atoms with Crippen LogP contribution in [-0.2, 0) is 0 Å². The van der Waals surface area contributed by atoms with Crippen molar-refractivity contribution >= 4 is 11.9 Å². The monoisotopic (exact) mass is 160 g/mol. The summed E-state index contributed by atoms with van der Waals surface area (Å²) >= 11 is 1.52. The predicted octanol–water partition coefficient (Wildman–Crippen LogP) is 1.08. The van der Waals surface area contributed by atoms with Gasteiger partial charge in [0.05, 0.1) is 0 Å². The van der Waals surface area contributed by atoms with E-state index in [1.807, 2.05) is 0 Å². The molecule has 0 aliphatic carbocycles. The summed E-state index contributed by atoms with van der Waals surface area (Å²) in [6.07, 6.45) is 2.45. The van der Waals surface area contributed by atoms with E-state index in [0.29, 0.717) is 4.75 Å². The first-order chi connectivity index (χ1) is 4.66. The highest BCUT2D eigenvalue weighted by atomic mass is 32.2. The minimum absolute atomic E-state index is 0.354. The lowest BCUT2D eigenvalue weighted by atomic mass is 9.98. The molecule has 0 aromatic carbocycles. The maximum absolute atomic E-state index is 5.58. The Morgan fingerprint density at radius 2 is 1.90 bits per heavy atom. The van der Waals surface area contributed by atoms with Crippen molar-refractivity contribution in [1.82, 2.24) is 4.90 Å². The Labute approximate surface area is 67.3 Å². The van der Waals surface area contributed by atoms with E-state index in [2.05, 4.69) is 18.9 Å². The highest BCUT2D eigenvalue weighted by Crippen LogP contribution is 2.31. The van der Waals surface area contributed by atoms with Crippen LogP contribution in [0, 0.1) is 0 Å². The molecule has 10 heavy (non-hydrogen) atoms. The number of rotatable bonds is 1. The lowest BCUT2D eigenvalue weighted by Gasteiger charge is -2.35. The van der Waals surface area contributed by atoms with E-state index < -0.39 is 0 Å². The molecule has 0 spiro atoms. The van der Waals surface area contributed by atoms with Crippen molar-refractivity contribution in [2.45, 2.75) is 24.5 Å². The molecule has 1 heterocycles. The van der Waals surface area contributed by atoms with Gasteiger partial charge in [0.25, 0.3) is 0 Å². The van der Waals surface area contributed by atoms with E-state index in [9.17, 15) is 0 Å². The van der Waals surface area contributed by atoms with Crippen molar-refractivity contribution < 1.29 is 0 Å². The molecule has 0 radical (unpaired) electrons. The van der Waals surface area contributed by atoms with Crippen LogP contribution in [0.5, 0.6) is 0 Å². The van der Waals surface area contributed by atoms with Crippen molar-refractivity contribution in [3.63, 3.8) is 0 Å². The fraction of sp³-hybridized carbons (Fsp3) is 1.00. The Hall–Kier alpha value is 0.270. The molecule has 3 heteroatoms. The van der Waals surface area contributed by atoms with Crippen molar-refractivity contribution in [2.75, 3.05) is 20.1 Å².